The van der Waals surface area contributed by atoms with E-state index in [0.29, 0.717) is 0 Å². The molecule has 0 unspecified atom stereocenters. The Labute approximate surface area is 189 Å². The van der Waals surface area contributed by atoms with Gasteiger partial charge in [0.15, 0.2) is 0 Å². The van der Waals surface area contributed by atoms with Gasteiger partial charge in [-0.05, 0) is 48.7 Å². The molecule has 1 aliphatic heterocycles. The average Bonchev–Trinajstić information content (AvgIpc) is 3.23. The maximum atomic E-state index is 5.46. The van der Waals surface area contributed by atoms with Gasteiger partial charge in [0.05, 0.1) is 30.8 Å². The second kappa shape index (κ2) is 9.53. The van der Waals surface area contributed by atoms with E-state index < -0.39 is 0 Å². The van der Waals surface area contributed by atoms with E-state index in [2.05, 4.69) is 70.3 Å². The van der Waals surface area contributed by atoms with E-state index in [4.69, 9.17) is 9.72 Å². The molecule has 5 nitrogen and oxygen atoms in total. The number of hydrogen-bond acceptors (Lipinski definition) is 4. The molecular weight excluding hydrogens is 396 g/mol. The van der Waals surface area contributed by atoms with Crippen LogP contribution in [0.15, 0.2) is 54.9 Å². The van der Waals surface area contributed by atoms with Crippen LogP contribution in [0.25, 0.3) is 39.3 Å². The fourth-order valence-corrected chi connectivity index (χ4v) is 4.43. The predicted octanol–water partition coefficient (Wildman–Crippen LogP) is 6.21. The Morgan fingerprint density at radius 3 is 2.78 bits per heavy atom. The number of fused-ring (bicyclic) bond motifs is 3. The van der Waals surface area contributed by atoms with Crippen LogP contribution in [0.2, 0.25) is 0 Å². The van der Waals surface area contributed by atoms with Gasteiger partial charge < -0.3 is 14.6 Å². The highest BCUT2D eigenvalue weighted by Gasteiger charge is 2.13. The van der Waals surface area contributed by atoms with Crippen LogP contribution in [0.5, 0.6) is 0 Å². The minimum atomic E-state index is 0.780. The maximum absolute atomic E-state index is 5.46. The van der Waals surface area contributed by atoms with Crippen molar-refractivity contribution >= 4 is 33.7 Å². The van der Waals surface area contributed by atoms with Crippen molar-refractivity contribution in [2.45, 2.75) is 32.6 Å². The van der Waals surface area contributed by atoms with E-state index in [1.54, 1.807) is 0 Å². The largest absolute Gasteiger partial charge is 0.378 e. The fourth-order valence-electron chi connectivity index (χ4n) is 4.43. The van der Waals surface area contributed by atoms with E-state index in [-0.39, 0.29) is 0 Å². The van der Waals surface area contributed by atoms with Crippen molar-refractivity contribution in [3.05, 3.63) is 60.4 Å². The van der Waals surface area contributed by atoms with Gasteiger partial charge in [-0.2, -0.15) is 0 Å². The summed E-state index contributed by atoms with van der Waals surface area (Å²) < 4.78 is 5.46. The maximum Gasteiger partial charge on any atom is 0.138 e. The lowest BCUT2D eigenvalue weighted by molar-refractivity contribution is 0.122. The first-order valence-corrected chi connectivity index (χ1v) is 11.7. The van der Waals surface area contributed by atoms with E-state index in [1.807, 2.05) is 12.4 Å². The molecule has 5 rings (SSSR count). The van der Waals surface area contributed by atoms with E-state index in [9.17, 15) is 0 Å². The van der Waals surface area contributed by atoms with Gasteiger partial charge in [0, 0.05) is 41.1 Å². The van der Waals surface area contributed by atoms with Crippen molar-refractivity contribution in [1.29, 1.82) is 0 Å². The normalized spacial score (nSPS) is 14.7. The number of rotatable bonds is 7. The monoisotopic (exact) mass is 426 g/mol. The Hall–Kier alpha value is -3.18. The van der Waals surface area contributed by atoms with Crippen molar-refractivity contribution in [1.82, 2.24) is 15.0 Å². The highest BCUT2D eigenvalue weighted by molar-refractivity contribution is 6.10. The molecule has 1 aliphatic rings. The number of aromatic nitrogens is 3. The Kier molecular flexibility index (Phi) is 6.17. The van der Waals surface area contributed by atoms with Crippen LogP contribution in [0.3, 0.4) is 0 Å². The number of pyridine rings is 2. The SMILES string of the molecule is CCCCCC=Cc1ccnc2[nH]c3ccc(-c4ccc(N5CCOCC5)cn4)cc3c12. The quantitative estimate of drug-likeness (QED) is 0.357. The number of unbranched alkanes of at least 4 members (excludes halogenated alkanes) is 3. The topological polar surface area (TPSA) is 54.0 Å². The molecule has 1 N–H and O–H groups in total. The van der Waals surface area contributed by atoms with Crippen molar-refractivity contribution in [2.75, 3.05) is 31.2 Å². The summed E-state index contributed by atoms with van der Waals surface area (Å²) in [5.41, 5.74) is 6.51. The number of benzene rings is 1. The molecule has 0 atom stereocenters. The second-order valence-corrected chi connectivity index (χ2v) is 8.41. The molecule has 1 saturated heterocycles. The molecule has 1 fully saturated rings. The van der Waals surface area contributed by atoms with Crippen molar-refractivity contribution in [2.24, 2.45) is 0 Å². The Morgan fingerprint density at radius 2 is 1.97 bits per heavy atom. The molecular formula is C27H30N4O. The zero-order valence-corrected chi connectivity index (χ0v) is 18.7. The van der Waals surface area contributed by atoms with Crippen molar-refractivity contribution in [3.8, 4) is 11.3 Å². The highest BCUT2D eigenvalue weighted by Crippen LogP contribution is 2.32. The lowest BCUT2D eigenvalue weighted by Crippen LogP contribution is -2.36. The Morgan fingerprint density at radius 1 is 1.06 bits per heavy atom. The van der Waals surface area contributed by atoms with Crippen LogP contribution in [0, 0.1) is 0 Å². The van der Waals surface area contributed by atoms with Crippen LogP contribution in [0.4, 0.5) is 5.69 Å². The third kappa shape index (κ3) is 4.26. The molecule has 164 valence electrons. The zero-order chi connectivity index (χ0) is 21.8. The lowest BCUT2D eigenvalue weighted by Gasteiger charge is -2.28. The van der Waals surface area contributed by atoms with Crippen molar-refractivity contribution < 1.29 is 4.74 Å². The molecule has 5 heteroatoms. The molecule has 0 aliphatic carbocycles. The van der Waals surface area contributed by atoms with E-state index in [0.717, 1.165) is 60.8 Å². The minimum Gasteiger partial charge on any atom is -0.378 e. The summed E-state index contributed by atoms with van der Waals surface area (Å²) in [7, 11) is 0. The first kappa shape index (κ1) is 20.7. The fraction of sp³-hybridized carbons (Fsp3) is 0.333. The highest BCUT2D eigenvalue weighted by atomic mass is 16.5. The molecule has 32 heavy (non-hydrogen) atoms. The summed E-state index contributed by atoms with van der Waals surface area (Å²) in [6.07, 6.45) is 13.3. The number of nitrogens with zero attached hydrogens (tertiary/aromatic N) is 3. The third-order valence-corrected chi connectivity index (χ3v) is 6.22. The molecule has 4 aromatic rings. The standard InChI is InChI=1S/C27H30N4O/c1-2-3-4-5-6-7-20-12-13-28-27-26(20)23-18-21(8-10-25(23)30-27)24-11-9-22(19-29-24)31-14-16-32-17-15-31/h6-13,18-19H,2-5,14-17H2,1H3,(H,28,30). The molecule has 0 radical (unpaired) electrons. The Bertz CT molecular complexity index is 1220. The summed E-state index contributed by atoms with van der Waals surface area (Å²) in [5.74, 6) is 0. The Balaban J connectivity index is 1.46. The van der Waals surface area contributed by atoms with Gasteiger partial charge in [-0.15, -0.1) is 0 Å². The van der Waals surface area contributed by atoms with Crippen LogP contribution < -0.4 is 4.90 Å². The lowest BCUT2D eigenvalue weighted by atomic mass is 10.0. The first-order valence-electron chi connectivity index (χ1n) is 11.7. The third-order valence-electron chi connectivity index (χ3n) is 6.22. The number of ether oxygens (including phenoxy) is 1. The van der Waals surface area contributed by atoms with E-state index >= 15 is 0 Å². The summed E-state index contributed by atoms with van der Waals surface area (Å²) in [4.78, 5) is 15.2. The number of hydrogen-bond donors (Lipinski definition) is 1. The van der Waals surface area contributed by atoms with Crippen LogP contribution in [0.1, 0.15) is 38.2 Å². The number of allylic oxidation sites excluding steroid dienone is 1. The molecule has 0 spiro atoms. The summed E-state index contributed by atoms with van der Waals surface area (Å²) in [6, 6.07) is 12.9. The number of H-pyrrole nitrogens is 1. The molecule has 0 saturated carbocycles. The van der Waals surface area contributed by atoms with Crippen LogP contribution >= 0.6 is 0 Å². The zero-order valence-electron chi connectivity index (χ0n) is 18.7. The van der Waals surface area contributed by atoms with Gasteiger partial charge >= 0.3 is 0 Å². The van der Waals surface area contributed by atoms with Gasteiger partial charge in [-0.25, -0.2) is 4.98 Å². The summed E-state index contributed by atoms with van der Waals surface area (Å²) in [6.45, 7) is 5.64. The molecule has 3 aromatic heterocycles. The van der Waals surface area contributed by atoms with Gasteiger partial charge in [-0.1, -0.05) is 38.0 Å². The number of nitrogens with one attached hydrogen (secondary N) is 1. The van der Waals surface area contributed by atoms with Gasteiger partial charge in [-0.3, -0.25) is 4.98 Å². The number of anilines is 1. The van der Waals surface area contributed by atoms with Gasteiger partial charge in [0.25, 0.3) is 0 Å². The average molecular weight is 427 g/mol. The van der Waals surface area contributed by atoms with Crippen molar-refractivity contribution in [3.63, 3.8) is 0 Å². The van der Waals surface area contributed by atoms with E-state index in [1.165, 1.54) is 35.6 Å². The number of aromatic amines is 1. The number of morpholine rings is 1. The van der Waals surface area contributed by atoms with Crippen LogP contribution in [-0.4, -0.2) is 41.3 Å². The first-order chi connectivity index (χ1) is 15.8. The second-order valence-electron chi connectivity index (χ2n) is 8.41. The van der Waals surface area contributed by atoms with Crippen LogP contribution in [-0.2, 0) is 4.74 Å². The summed E-state index contributed by atoms with van der Waals surface area (Å²) in [5, 5.41) is 2.37. The molecule has 4 heterocycles. The molecule has 1 aromatic carbocycles. The van der Waals surface area contributed by atoms with Gasteiger partial charge in [0.1, 0.15) is 5.65 Å². The summed E-state index contributed by atoms with van der Waals surface area (Å²) >= 11 is 0. The molecule has 0 amide bonds. The molecule has 0 bridgehead atoms. The minimum absolute atomic E-state index is 0.780. The smallest absolute Gasteiger partial charge is 0.138 e. The predicted molar refractivity (Wildman–Crippen MR) is 133 cm³/mol. The van der Waals surface area contributed by atoms with Gasteiger partial charge in [0.2, 0.25) is 0 Å².